The molecule has 0 aliphatic rings. The summed E-state index contributed by atoms with van der Waals surface area (Å²) in [6.07, 6.45) is 1.72. The van der Waals surface area contributed by atoms with Crippen LogP contribution in [0.1, 0.15) is 10.4 Å². The zero-order chi connectivity index (χ0) is 17.1. The summed E-state index contributed by atoms with van der Waals surface area (Å²) in [5.41, 5.74) is 1.26. The number of carboxylic acids is 1. The number of aromatic carboxylic acids is 1. The van der Waals surface area contributed by atoms with Crippen LogP contribution in [0.4, 0.5) is 11.6 Å². The van der Waals surface area contributed by atoms with E-state index in [0.29, 0.717) is 23.6 Å². The van der Waals surface area contributed by atoms with Crippen LogP contribution in [0.3, 0.4) is 0 Å². The molecular weight excluding hydrogens is 306 g/mol. The minimum Gasteiger partial charge on any atom is -0.478 e. The summed E-state index contributed by atoms with van der Waals surface area (Å²) in [5, 5.41) is 12.5. The van der Waals surface area contributed by atoms with Crippen molar-refractivity contribution in [2.24, 2.45) is 0 Å². The highest BCUT2D eigenvalue weighted by Crippen LogP contribution is 2.19. The maximum atomic E-state index is 12.2. The third-order valence-corrected chi connectivity index (χ3v) is 3.59. The van der Waals surface area contributed by atoms with Crippen molar-refractivity contribution >= 4 is 28.5 Å². The first-order valence-electron chi connectivity index (χ1n) is 7.31. The number of hydrogen-bond donors (Lipinski definition) is 2. The van der Waals surface area contributed by atoms with Gasteiger partial charge in [-0.25, -0.2) is 4.79 Å². The predicted octanol–water partition coefficient (Wildman–Crippen LogP) is 3.02. The van der Waals surface area contributed by atoms with E-state index in [9.17, 15) is 9.59 Å². The molecule has 1 aromatic heterocycles. The van der Waals surface area contributed by atoms with Gasteiger partial charge in [-0.3, -0.25) is 4.79 Å². The Bertz CT molecular complexity index is 975. The molecule has 0 atom stereocenters. The monoisotopic (exact) mass is 321 g/mol. The van der Waals surface area contributed by atoms with Gasteiger partial charge in [0.2, 0.25) is 5.95 Å². The maximum Gasteiger partial charge on any atom is 0.335 e. The van der Waals surface area contributed by atoms with E-state index in [0.717, 1.165) is 5.52 Å². The summed E-state index contributed by atoms with van der Waals surface area (Å²) in [5.74, 6) is -0.615. The van der Waals surface area contributed by atoms with Gasteiger partial charge in [0.15, 0.2) is 0 Å². The topological polar surface area (TPSA) is 84.2 Å². The number of hydrogen-bond acceptors (Lipinski definition) is 4. The first kappa shape index (κ1) is 15.5. The summed E-state index contributed by atoms with van der Waals surface area (Å²) < 4.78 is 1.84. The Labute approximate surface area is 137 Å². The lowest BCUT2D eigenvalue weighted by atomic mass is 10.2. The molecule has 2 N–H and O–H groups in total. The van der Waals surface area contributed by atoms with Gasteiger partial charge in [0.05, 0.1) is 16.5 Å². The number of carboxylic acid groups (broad SMARTS) is 1. The minimum atomic E-state index is -0.992. The zero-order valence-electron chi connectivity index (χ0n) is 12.8. The van der Waals surface area contributed by atoms with Crippen LogP contribution in [-0.4, -0.2) is 20.6 Å². The molecule has 0 fully saturated rings. The van der Waals surface area contributed by atoms with Gasteiger partial charge in [-0.2, -0.15) is 4.98 Å². The first-order valence-corrected chi connectivity index (χ1v) is 7.31. The van der Waals surface area contributed by atoms with Crippen LogP contribution in [0.15, 0.2) is 66.0 Å². The molecule has 0 unspecified atom stereocenters. The second kappa shape index (κ2) is 6.37. The molecule has 0 radical (unpaired) electrons. The van der Waals surface area contributed by atoms with Gasteiger partial charge in [0.25, 0.3) is 5.56 Å². The lowest BCUT2D eigenvalue weighted by Crippen LogP contribution is -2.17. The zero-order valence-corrected chi connectivity index (χ0v) is 12.8. The highest BCUT2D eigenvalue weighted by molar-refractivity contribution is 5.88. The molecule has 120 valence electrons. The first-order chi connectivity index (χ1) is 11.6. The molecule has 0 spiro atoms. The predicted molar refractivity (Wildman–Crippen MR) is 92.9 cm³/mol. The molecular formula is C18H15N3O3. The SMILES string of the molecule is C=CCn1c(Nc2ccc(C(=O)O)cc2)nc(=O)c2ccccc21. The summed E-state index contributed by atoms with van der Waals surface area (Å²) in [7, 11) is 0. The van der Waals surface area contributed by atoms with Crippen molar-refractivity contribution in [2.45, 2.75) is 6.54 Å². The number of rotatable bonds is 5. The number of anilines is 2. The van der Waals surface area contributed by atoms with E-state index in [-0.39, 0.29) is 11.1 Å². The van der Waals surface area contributed by atoms with E-state index < -0.39 is 5.97 Å². The highest BCUT2D eigenvalue weighted by atomic mass is 16.4. The summed E-state index contributed by atoms with van der Waals surface area (Å²) >= 11 is 0. The van der Waals surface area contributed by atoms with Crippen LogP contribution in [0.25, 0.3) is 10.9 Å². The maximum absolute atomic E-state index is 12.2. The quantitative estimate of drug-likeness (QED) is 0.706. The molecule has 24 heavy (non-hydrogen) atoms. The summed E-state index contributed by atoms with van der Waals surface area (Å²) in [6, 6.07) is 13.5. The van der Waals surface area contributed by atoms with Crippen molar-refractivity contribution in [3.63, 3.8) is 0 Å². The third-order valence-electron chi connectivity index (χ3n) is 3.59. The molecule has 0 aliphatic heterocycles. The molecule has 2 aromatic carbocycles. The molecule has 0 saturated carbocycles. The molecule has 0 bridgehead atoms. The van der Waals surface area contributed by atoms with Crippen molar-refractivity contribution in [3.05, 3.63) is 77.1 Å². The molecule has 6 nitrogen and oxygen atoms in total. The fraction of sp³-hybridized carbons (Fsp3) is 0.0556. The lowest BCUT2D eigenvalue weighted by Gasteiger charge is -2.15. The van der Waals surface area contributed by atoms with E-state index in [4.69, 9.17) is 5.11 Å². The second-order valence-electron chi connectivity index (χ2n) is 5.16. The average Bonchev–Trinajstić information content (AvgIpc) is 2.59. The minimum absolute atomic E-state index is 0.190. The van der Waals surface area contributed by atoms with Crippen LogP contribution in [0.2, 0.25) is 0 Å². The van der Waals surface area contributed by atoms with Crippen molar-refractivity contribution in [1.82, 2.24) is 9.55 Å². The fourth-order valence-electron chi connectivity index (χ4n) is 2.46. The Morgan fingerprint density at radius 3 is 2.58 bits per heavy atom. The Morgan fingerprint density at radius 2 is 1.92 bits per heavy atom. The molecule has 1 heterocycles. The smallest absolute Gasteiger partial charge is 0.335 e. The number of benzene rings is 2. The number of allylic oxidation sites excluding steroid dienone is 1. The Balaban J connectivity index is 2.08. The molecule has 0 saturated heterocycles. The molecule has 0 amide bonds. The van der Waals surface area contributed by atoms with Crippen molar-refractivity contribution in [3.8, 4) is 0 Å². The van der Waals surface area contributed by atoms with E-state index in [2.05, 4.69) is 16.9 Å². The van der Waals surface area contributed by atoms with Gasteiger partial charge < -0.3 is 15.0 Å². The van der Waals surface area contributed by atoms with E-state index in [1.165, 1.54) is 12.1 Å². The van der Waals surface area contributed by atoms with Crippen molar-refractivity contribution in [1.29, 1.82) is 0 Å². The second-order valence-corrected chi connectivity index (χ2v) is 5.16. The van der Waals surface area contributed by atoms with E-state index >= 15 is 0 Å². The van der Waals surface area contributed by atoms with Crippen molar-refractivity contribution < 1.29 is 9.90 Å². The number of nitrogens with one attached hydrogen (secondary N) is 1. The van der Waals surface area contributed by atoms with Crippen LogP contribution in [0, 0.1) is 0 Å². The van der Waals surface area contributed by atoms with Gasteiger partial charge in [-0.15, -0.1) is 6.58 Å². The average molecular weight is 321 g/mol. The molecule has 3 aromatic rings. The molecule has 6 heteroatoms. The fourth-order valence-corrected chi connectivity index (χ4v) is 2.46. The standard InChI is InChI=1S/C18H15N3O3/c1-2-11-21-15-6-4-3-5-14(15)16(22)20-18(21)19-13-9-7-12(8-10-13)17(23)24/h2-10H,1,11H2,(H,23,24)(H,19,20,22). The number of nitrogens with zero attached hydrogens (tertiary/aromatic N) is 2. The van der Waals surface area contributed by atoms with Crippen LogP contribution < -0.4 is 10.9 Å². The third kappa shape index (κ3) is 2.89. The number of para-hydroxylation sites is 1. The van der Waals surface area contributed by atoms with Gasteiger partial charge in [0, 0.05) is 12.2 Å². The molecule has 3 rings (SSSR count). The Kier molecular flexibility index (Phi) is 4.11. The van der Waals surface area contributed by atoms with Crippen molar-refractivity contribution in [2.75, 3.05) is 5.32 Å². The van der Waals surface area contributed by atoms with Crippen LogP contribution >= 0.6 is 0 Å². The van der Waals surface area contributed by atoms with E-state index in [1.54, 1.807) is 30.3 Å². The molecule has 0 aliphatic carbocycles. The Hall–Kier alpha value is -3.41. The lowest BCUT2D eigenvalue weighted by molar-refractivity contribution is 0.0697. The van der Waals surface area contributed by atoms with E-state index in [1.807, 2.05) is 16.7 Å². The summed E-state index contributed by atoms with van der Waals surface area (Å²) in [6.45, 7) is 4.22. The van der Waals surface area contributed by atoms with Crippen LogP contribution in [-0.2, 0) is 6.54 Å². The largest absolute Gasteiger partial charge is 0.478 e. The van der Waals surface area contributed by atoms with Gasteiger partial charge in [-0.1, -0.05) is 18.2 Å². The van der Waals surface area contributed by atoms with Crippen LogP contribution in [0.5, 0.6) is 0 Å². The number of aromatic nitrogens is 2. The normalized spacial score (nSPS) is 10.5. The summed E-state index contributed by atoms with van der Waals surface area (Å²) in [4.78, 5) is 27.2. The Morgan fingerprint density at radius 1 is 1.21 bits per heavy atom. The number of fused-ring (bicyclic) bond motifs is 1. The highest BCUT2D eigenvalue weighted by Gasteiger charge is 2.10. The van der Waals surface area contributed by atoms with Gasteiger partial charge in [0.1, 0.15) is 0 Å². The van der Waals surface area contributed by atoms with Gasteiger partial charge in [-0.05, 0) is 36.4 Å². The van der Waals surface area contributed by atoms with Gasteiger partial charge >= 0.3 is 5.97 Å². The number of carbonyl (C=O) groups is 1.